The standard InChI is InChI=1S/C16H22ClN3O/c1-3-9-18-12-13-5-4-6-15(17)16(13)21-11-8-14-7-10-19-20(14)2/h4-7,10,18H,3,8-9,11-12H2,1-2H3. The average Bonchev–Trinajstić information content (AvgIpc) is 2.87. The van der Waals surface area contributed by atoms with E-state index in [-0.39, 0.29) is 0 Å². The van der Waals surface area contributed by atoms with Crippen molar-refractivity contribution in [2.75, 3.05) is 13.2 Å². The van der Waals surface area contributed by atoms with Crippen LogP contribution in [0.3, 0.4) is 0 Å². The molecule has 2 aromatic rings. The minimum atomic E-state index is 0.587. The number of aryl methyl sites for hydroxylation is 1. The van der Waals surface area contributed by atoms with Crippen molar-refractivity contribution in [3.63, 3.8) is 0 Å². The molecular weight excluding hydrogens is 286 g/mol. The fourth-order valence-electron chi connectivity index (χ4n) is 2.16. The lowest BCUT2D eigenvalue weighted by molar-refractivity contribution is 0.314. The van der Waals surface area contributed by atoms with E-state index in [0.717, 1.165) is 42.9 Å². The predicted molar refractivity (Wildman–Crippen MR) is 85.9 cm³/mol. The molecule has 1 aromatic heterocycles. The zero-order chi connectivity index (χ0) is 15.1. The summed E-state index contributed by atoms with van der Waals surface area (Å²) in [6, 6.07) is 7.87. The second-order valence-electron chi connectivity index (χ2n) is 4.95. The van der Waals surface area contributed by atoms with Gasteiger partial charge >= 0.3 is 0 Å². The molecule has 2 rings (SSSR count). The monoisotopic (exact) mass is 307 g/mol. The minimum absolute atomic E-state index is 0.587. The van der Waals surface area contributed by atoms with Crippen LogP contribution < -0.4 is 10.1 Å². The first-order chi connectivity index (χ1) is 10.2. The van der Waals surface area contributed by atoms with Crippen molar-refractivity contribution < 1.29 is 4.74 Å². The lowest BCUT2D eigenvalue weighted by atomic mass is 10.2. The number of ether oxygens (including phenoxy) is 1. The van der Waals surface area contributed by atoms with E-state index in [2.05, 4.69) is 17.3 Å². The third kappa shape index (κ3) is 4.48. The number of hydrogen-bond acceptors (Lipinski definition) is 3. The van der Waals surface area contributed by atoms with Crippen LogP contribution in [0.5, 0.6) is 5.75 Å². The SMILES string of the molecule is CCCNCc1cccc(Cl)c1OCCc1ccnn1C. The van der Waals surface area contributed by atoms with Crippen LogP contribution in [-0.2, 0) is 20.0 Å². The fourth-order valence-corrected chi connectivity index (χ4v) is 2.41. The highest BCUT2D eigenvalue weighted by atomic mass is 35.5. The molecule has 1 N–H and O–H groups in total. The number of nitrogens with one attached hydrogen (secondary N) is 1. The van der Waals surface area contributed by atoms with Gasteiger partial charge in [-0.1, -0.05) is 30.7 Å². The highest BCUT2D eigenvalue weighted by Gasteiger charge is 2.08. The first-order valence-electron chi connectivity index (χ1n) is 7.30. The number of hydrogen-bond donors (Lipinski definition) is 1. The van der Waals surface area contributed by atoms with Gasteiger partial charge in [-0.15, -0.1) is 0 Å². The fraction of sp³-hybridized carbons (Fsp3) is 0.438. The minimum Gasteiger partial charge on any atom is -0.491 e. The Labute approximate surface area is 131 Å². The van der Waals surface area contributed by atoms with Crippen molar-refractivity contribution in [1.82, 2.24) is 15.1 Å². The van der Waals surface area contributed by atoms with Gasteiger partial charge in [-0.25, -0.2) is 0 Å². The van der Waals surface area contributed by atoms with Crippen molar-refractivity contribution in [1.29, 1.82) is 0 Å². The lowest BCUT2D eigenvalue weighted by Gasteiger charge is -2.13. The van der Waals surface area contributed by atoms with Crippen LogP contribution >= 0.6 is 11.6 Å². The topological polar surface area (TPSA) is 39.1 Å². The van der Waals surface area contributed by atoms with Crippen LogP contribution in [0, 0.1) is 0 Å². The van der Waals surface area contributed by atoms with Gasteiger partial charge in [-0.3, -0.25) is 4.68 Å². The highest BCUT2D eigenvalue weighted by molar-refractivity contribution is 6.32. The summed E-state index contributed by atoms with van der Waals surface area (Å²) in [5.74, 6) is 0.782. The first kappa shape index (κ1) is 15.9. The first-order valence-corrected chi connectivity index (χ1v) is 7.68. The maximum absolute atomic E-state index is 6.26. The summed E-state index contributed by atoms with van der Waals surface area (Å²) in [5, 5.41) is 8.19. The van der Waals surface area contributed by atoms with E-state index in [1.54, 1.807) is 6.20 Å². The van der Waals surface area contributed by atoms with Crippen LogP contribution in [-0.4, -0.2) is 22.9 Å². The van der Waals surface area contributed by atoms with Gasteiger partial charge in [0.1, 0.15) is 5.75 Å². The molecule has 4 nitrogen and oxygen atoms in total. The Bertz CT molecular complexity index is 568. The Hall–Kier alpha value is -1.52. The maximum atomic E-state index is 6.26. The molecule has 0 atom stereocenters. The molecule has 0 amide bonds. The van der Waals surface area contributed by atoms with Gasteiger partial charge in [0.15, 0.2) is 0 Å². The van der Waals surface area contributed by atoms with E-state index in [0.29, 0.717) is 11.6 Å². The number of nitrogens with zero attached hydrogens (tertiary/aromatic N) is 2. The van der Waals surface area contributed by atoms with Gasteiger partial charge in [0.05, 0.1) is 11.6 Å². The molecule has 0 unspecified atom stereocenters. The van der Waals surface area contributed by atoms with Crippen LogP contribution in [0.2, 0.25) is 5.02 Å². The normalized spacial score (nSPS) is 10.8. The molecule has 0 aliphatic heterocycles. The van der Waals surface area contributed by atoms with Crippen LogP contribution in [0.1, 0.15) is 24.6 Å². The second kappa shape index (κ2) is 8.05. The zero-order valence-corrected chi connectivity index (χ0v) is 13.4. The van der Waals surface area contributed by atoms with Crippen LogP contribution in [0.4, 0.5) is 0 Å². The van der Waals surface area contributed by atoms with E-state index in [1.165, 1.54) is 0 Å². The van der Waals surface area contributed by atoms with Gasteiger partial charge in [0.25, 0.3) is 0 Å². The van der Waals surface area contributed by atoms with Crippen LogP contribution in [0.15, 0.2) is 30.5 Å². The molecular formula is C16H22ClN3O. The molecule has 5 heteroatoms. The van der Waals surface area contributed by atoms with Gasteiger partial charge in [-0.2, -0.15) is 5.10 Å². The molecule has 0 saturated heterocycles. The zero-order valence-electron chi connectivity index (χ0n) is 12.6. The molecule has 0 bridgehead atoms. The maximum Gasteiger partial charge on any atom is 0.142 e. The van der Waals surface area contributed by atoms with E-state index in [1.807, 2.05) is 36.0 Å². The summed E-state index contributed by atoms with van der Waals surface area (Å²) in [4.78, 5) is 0. The summed E-state index contributed by atoms with van der Waals surface area (Å²) in [6.45, 7) is 4.50. The van der Waals surface area contributed by atoms with Crippen molar-refractivity contribution in [2.45, 2.75) is 26.3 Å². The molecule has 0 aliphatic carbocycles. The largest absolute Gasteiger partial charge is 0.491 e. The summed E-state index contributed by atoms with van der Waals surface area (Å²) >= 11 is 6.26. The predicted octanol–water partition coefficient (Wildman–Crippen LogP) is 3.19. The third-order valence-electron chi connectivity index (χ3n) is 3.32. The smallest absolute Gasteiger partial charge is 0.142 e. The Morgan fingerprint density at radius 2 is 2.19 bits per heavy atom. The summed E-state index contributed by atoms with van der Waals surface area (Å²) in [7, 11) is 1.94. The average molecular weight is 308 g/mol. The molecule has 0 fully saturated rings. The van der Waals surface area contributed by atoms with E-state index in [9.17, 15) is 0 Å². The Morgan fingerprint density at radius 3 is 2.90 bits per heavy atom. The summed E-state index contributed by atoms with van der Waals surface area (Å²) < 4.78 is 7.77. The lowest BCUT2D eigenvalue weighted by Crippen LogP contribution is -2.15. The molecule has 0 radical (unpaired) electrons. The molecule has 0 saturated carbocycles. The van der Waals surface area contributed by atoms with Crippen LogP contribution in [0.25, 0.3) is 0 Å². The number of para-hydroxylation sites is 1. The summed E-state index contributed by atoms with van der Waals surface area (Å²) in [5.41, 5.74) is 2.24. The van der Waals surface area contributed by atoms with Crippen molar-refractivity contribution in [3.8, 4) is 5.75 Å². The van der Waals surface area contributed by atoms with Gasteiger partial charge in [0.2, 0.25) is 0 Å². The number of aromatic nitrogens is 2. The highest BCUT2D eigenvalue weighted by Crippen LogP contribution is 2.28. The van der Waals surface area contributed by atoms with Crippen molar-refractivity contribution >= 4 is 11.6 Å². The van der Waals surface area contributed by atoms with E-state index < -0.39 is 0 Å². The van der Waals surface area contributed by atoms with E-state index >= 15 is 0 Å². The number of halogens is 1. The van der Waals surface area contributed by atoms with Gasteiger partial charge in [0, 0.05) is 37.5 Å². The molecule has 1 aromatic carbocycles. The Balaban J connectivity index is 1.96. The molecule has 21 heavy (non-hydrogen) atoms. The van der Waals surface area contributed by atoms with Crippen molar-refractivity contribution in [2.24, 2.45) is 7.05 Å². The Kier molecular flexibility index (Phi) is 6.08. The molecule has 1 heterocycles. The molecule has 0 spiro atoms. The van der Waals surface area contributed by atoms with Crippen molar-refractivity contribution in [3.05, 3.63) is 46.7 Å². The molecule has 114 valence electrons. The second-order valence-corrected chi connectivity index (χ2v) is 5.36. The number of rotatable bonds is 8. The van der Waals surface area contributed by atoms with Gasteiger partial charge < -0.3 is 10.1 Å². The molecule has 0 aliphatic rings. The van der Waals surface area contributed by atoms with E-state index in [4.69, 9.17) is 16.3 Å². The Morgan fingerprint density at radius 1 is 1.33 bits per heavy atom. The summed E-state index contributed by atoms with van der Waals surface area (Å²) in [6.07, 6.45) is 3.71. The van der Waals surface area contributed by atoms with Gasteiger partial charge in [-0.05, 0) is 25.1 Å². The third-order valence-corrected chi connectivity index (χ3v) is 3.62. The quantitative estimate of drug-likeness (QED) is 0.761. The number of benzene rings is 1.